The molecular weight excluding hydrogens is 320 g/mol. The Balaban J connectivity index is 1.83. The third-order valence-electron chi connectivity index (χ3n) is 3.66. The second-order valence-electron chi connectivity index (χ2n) is 5.41. The first-order chi connectivity index (χ1) is 12.2. The number of carbonyl (C=O) groups is 2. The molecule has 2 aromatic rings. The summed E-state index contributed by atoms with van der Waals surface area (Å²) in [5.41, 5.74) is 1.20. The number of benzene rings is 1. The average Bonchev–Trinajstić information content (AvgIpc) is 2.62. The van der Waals surface area contributed by atoms with Crippen molar-refractivity contribution in [2.24, 2.45) is 4.99 Å². The zero-order valence-electron chi connectivity index (χ0n) is 13.7. The fourth-order valence-electron chi connectivity index (χ4n) is 2.56. The van der Waals surface area contributed by atoms with Gasteiger partial charge < -0.3 is 4.74 Å². The van der Waals surface area contributed by atoms with Gasteiger partial charge in [-0.3, -0.25) is 25.2 Å². The molecule has 0 radical (unpaired) electrons. The fourth-order valence-corrected chi connectivity index (χ4v) is 2.56. The molecule has 1 aliphatic rings. The van der Waals surface area contributed by atoms with Crippen LogP contribution in [0.5, 0.6) is 5.75 Å². The summed E-state index contributed by atoms with van der Waals surface area (Å²) in [6, 6.07) is 10.3. The molecule has 25 heavy (non-hydrogen) atoms. The second-order valence-corrected chi connectivity index (χ2v) is 5.41. The molecule has 0 spiro atoms. The van der Waals surface area contributed by atoms with E-state index in [9.17, 15) is 9.59 Å². The average molecular weight is 338 g/mol. The minimum absolute atomic E-state index is 0.126. The quantitative estimate of drug-likeness (QED) is 0.889. The number of rotatable bonds is 4. The second kappa shape index (κ2) is 7.57. The molecule has 0 bridgehead atoms. The van der Waals surface area contributed by atoms with Gasteiger partial charge in [0.25, 0.3) is 5.91 Å². The predicted molar refractivity (Wildman–Crippen MR) is 92.2 cm³/mol. The lowest BCUT2D eigenvalue weighted by Crippen LogP contribution is -2.47. The van der Waals surface area contributed by atoms with Crippen LogP contribution in [-0.4, -0.2) is 29.4 Å². The van der Waals surface area contributed by atoms with Gasteiger partial charge in [-0.15, -0.1) is 0 Å². The number of carbonyl (C=O) groups excluding carboxylic acids is 2. The maximum atomic E-state index is 12.2. The first kappa shape index (κ1) is 16.6. The minimum Gasteiger partial charge on any atom is -0.494 e. The van der Waals surface area contributed by atoms with Crippen molar-refractivity contribution in [2.45, 2.75) is 19.4 Å². The zero-order valence-corrected chi connectivity index (χ0v) is 13.7. The highest BCUT2D eigenvalue weighted by atomic mass is 16.5. The minimum atomic E-state index is -0.416. The number of amides is 2. The van der Waals surface area contributed by atoms with Crippen LogP contribution in [0.4, 0.5) is 0 Å². The molecule has 0 saturated heterocycles. The van der Waals surface area contributed by atoms with E-state index in [0.29, 0.717) is 17.9 Å². The number of pyridine rings is 1. The molecule has 3 rings (SSSR count). The molecule has 128 valence electrons. The van der Waals surface area contributed by atoms with Crippen molar-refractivity contribution in [3.8, 4) is 5.75 Å². The van der Waals surface area contributed by atoms with Gasteiger partial charge in [0.2, 0.25) is 11.9 Å². The molecule has 0 fully saturated rings. The van der Waals surface area contributed by atoms with Gasteiger partial charge >= 0.3 is 0 Å². The number of aromatic nitrogens is 1. The Morgan fingerprint density at radius 3 is 2.92 bits per heavy atom. The molecule has 2 heterocycles. The van der Waals surface area contributed by atoms with Crippen LogP contribution >= 0.6 is 0 Å². The van der Waals surface area contributed by atoms with E-state index in [0.717, 1.165) is 5.56 Å². The summed E-state index contributed by atoms with van der Waals surface area (Å²) in [5.74, 6) is 0.214. The van der Waals surface area contributed by atoms with Gasteiger partial charge in [-0.05, 0) is 25.1 Å². The van der Waals surface area contributed by atoms with E-state index < -0.39 is 6.04 Å². The Hall–Kier alpha value is -3.22. The van der Waals surface area contributed by atoms with E-state index in [1.807, 2.05) is 31.2 Å². The van der Waals surface area contributed by atoms with Gasteiger partial charge in [-0.25, -0.2) is 4.99 Å². The van der Waals surface area contributed by atoms with Crippen molar-refractivity contribution in [1.29, 1.82) is 0 Å². The van der Waals surface area contributed by atoms with Crippen LogP contribution in [-0.2, 0) is 4.79 Å². The van der Waals surface area contributed by atoms with Crippen LogP contribution in [0.2, 0.25) is 0 Å². The van der Waals surface area contributed by atoms with Crippen LogP contribution < -0.4 is 15.4 Å². The molecule has 1 aromatic heterocycles. The largest absolute Gasteiger partial charge is 0.494 e. The summed E-state index contributed by atoms with van der Waals surface area (Å²) in [6.07, 6.45) is 3.22. The summed E-state index contributed by atoms with van der Waals surface area (Å²) < 4.78 is 5.61. The van der Waals surface area contributed by atoms with E-state index in [2.05, 4.69) is 20.6 Å². The third-order valence-corrected chi connectivity index (χ3v) is 3.66. The van der Waals surface area contributed by atoms with Crippen molar-refractivity contribution in [3.63, 3.8) is 0 Å². The Labute approximate surface area is 145 Å². The number of nitrogens with one attached hydrogen (secondary N) is 2. The topological polar surface area (TPSA) is 92.7 Å². The molecule has 2 N–H and O–H groups in total. The monoisotopic (exact) mass is 338 g/mol. The Morgan fingerprint density at radius 1 is 1.32 bits per heavy atom. The SMILES string of the molecule is CCOc1ccccc1C1CC(=O)NC(NC(=O)c2cccnc2)=N1. The molecular formula is C18H18N4O3. The van der Waals surface area contributed by atoms with Gasteiger partial charge in [0, 0.05) is 18.0 Å². The van der Waals surface area contributed by atoms with Crippen LogP contribution in [0.25, 0.3) is 0 Å². The molecule has 1 unspecified atom stereocenters. The molecule has 2 amide bonds. The molecule has 0 saturated carbocycles. The van der Waals surface area contributed by atoms with Crippen LogP contribution in [0.1, 0.15) is 35.3 Å². The standard InChI is InChI=1S/C18H18N4O3/c1-2-25-15-8-4-3-7-13(15)14-10-16(23)21-18(20-14)22-17(24)12-6-5-9-19-11-12/h3-9,11,14H,2,10H2,1H3,(H2,20,21,22,23,24). The third kappa shape index (κ3) is 4.00. The number of hydrogen-bond donors (Lipinski definition) is 2. The highest BCUT2D eigenvalue weighted by Gasteiger charge is 2.25. The van der Waals surface area contributed by atoms with E-state index >= 15 is 0 Å². The van der Waals surface area contributed by atoms with Gasteiger partial charge in [-0.2, -0.15) is 0 Å². The first-order valence-corrected chi connectivity index (χ1v) is 7.98. The smallest absolute Gasteiger partial charge is 0.259 e. The van der Waals surface area contributed by atoms with Gasteiger partial charge in [0.15, 0.2) is 0 Å². The van der Waals surface area contributed by atoms with Gasteiger partial charge in [0.1, 0.15) is 5.75 Å². The molecule has 7 nitrogen and oxygen atoms in total. The molecule has 1 aliphatic heterocycles. The maximum Gasteiger partial charge on any atom is 0.259 e. The Morgan fingerprint density at radius 2 is 2.16 bits per heavy atom. The van der Waals surface area contributed by atoms with Crippen LogP contribution in [0, 0.1) is 0 Å². The highest BCUT2D eigenvalue weighted by Crippen LogP contribution is 2.31. The number of nitrogens with zero attached hydrogens (tertiary/aromatic N) is 2. The van der Waals surface area contributed by atoms with Crippen molar-refractivity contribution < 1.29 is 14.3 Å². The summed E-state index contributed by atoms with van der Waals surface area (Å²) in [5, 5.41) is 5.20. The zero-order chi connectivity index (χ0) is 17.6. The lowest BCUT2D eigenvalue weighted by atomic mass is 10.0. The van der Waals surface area contributed by atoms with Crippen LogP contribution in [0.3, 0.4) is 0 Å². The van der Waals surface area contributed by atoms with Crippen molar-refractivity contribution in [2.75, 3.05) is 6.61 Å². The summed E-state index contributed by atoms with van der Waals surface area (Å²) >= 11 is 0. The molecule has 0 aliphatic carbocycles. The van der Waals surface area contributed by atoms with Crippen molar-refractivity contribution in [1.82, 2.24) is 15.6 Å². The predicted octanol–water partition coefficient (Wildman–Crippen LogP) is 1.83. The number of aliphatic imine (C=N–C) groups is 1. The summed E-state index contributed by atoms with van der Waals surface area (Å²) in [4.78, 5) is 32.6. The maximum absolute atomic E-state index is 12.2. The first-order valence-electron chi connectivity index (χ1n) is 7.98. The summed E-state index contributed by atoms with van der Waals surface area (Å²) in [6.45, 7) is 2.41. The lowest BCUT2D eigenvalue weighted by Gasteiger charge is -2.23. The fraction of sp³-hybridized carbons (Fsp3) is 0.222. The number of hydrogen-bond acceptors (Lipinski definition) is 5. The van der Waals surface area contributed by atoms with E-state index in [-0.39, 0.29) is 24.2 Å². The molecule has 1 atom stereocenters. The molecule has 1 aromatic carbocycles. The van der Waals surface area contributed by atoms with Gasteiger partial charge in [0.05, 0.1) is 24.6 Å². The molecule has 7 heteroatoms. The Bertz CT molecular complexity index is 805. The lowest BCUT2D eigenvalue weighted by molar-refractivity contribution is -0.120. The van der Waals surface area contributed by atoms with E-state index in [4.69, 9.17) is 4.74 Å². The van der Waals surface area contributed by atoms with Crippen LogP contribution in [0.15, 0.2) is 53.8 Å². The van der Waals surface area contributed by atoms with Gasteiger partial charge in [-0.1, -0.05) is 18.2 Å². The highest BCUT2D eigenvalue weighted by molar-refractivity contribution is 6.10. The van der Waals surface area contributed by atoms with E-state index in [1.54, 1.807) is 18.3 Å². The summed E-state index contributed by atoms with van der Waals surface area (Å²) in [7, 11) is 0. The van der Waals surface area contributed by atoms with Crippen molar-refractivity contribution in [3.05, 3.63) is 59.9 Å². The normalized spacial score (nSPS) is 16.6. The van der Waals surface area contributed by atoms with E-state index in [1.165, 1.54) is 6.20 Å². The van der Waals surface area contributed by atoms with Crippen molar-refractivity contribution >= 4 is 17.8 Å². The number of guanidine groups is 1. The Kier molecular flexibility index (Phi) is 5.03. The number of para-hydroxylation sites is 1. The number of ether oxygens (including phenoxy) is 1.